The molecule has 1 aliphatic rings. The third kappa shape index (κ3) is 3.49. The molecule has 0 radical (unpaired) electrons. The molecule has 1 N–H and O–H groups in total. The van der Waals surface area contributed by atoms with E-state index in [2.05, 4.69) is 32.6 Å². The van der Waals surface area contributed by atoms with E-state index in [0.717, 1.165) is 43.2 Å². The zero-order chi connectivity index (χ0) is 14.8. The van der Waals surface area contributed by atoms with Crippen LogP contribution in [-0.2, 0) is 16.8 Å². The van der Waals surface area contributed by atoms with Crippen molar-refractivity contribution in [3.05, 3.63) is 23.4 Å². The molecule has 0 aliphatic carbocycles. The monoisotopic (exact) mass is 278 g/mol. The van der Waals surface area contributed by atoms with E-state index in [9.17, 15) is 5.11 Å². The lowest BCUT2D eigenvalue weighted by Crippen LogP contribution is -2.42. The van der Waals surface area contributed by atoms with E-state index in [4.69, 9.17) is 9.72 Å². The molecule has 1 aliphatic heterocycles. The first kappa shape index (κ1) is 15.3. The normalized spacial score (nSPS) is 20.2. The summed E-state index contributed by atoms with van der Waals surface area (Å²) in [6.07, 6.45) is 1.30. The van der Waals surface area contributed by atoms with Crippen molar-refractivity contribution in [2.75, 3.05) is 24.6 Å². The van der Waals surface area contributed by atoms with Gasteiger partial charge in [0.05, 0.1) is 19.3 Å². The quantitative estimate of drug-likeness (QED) is 0.922. The van der Waals surface area contributed by atoms with Crippen LogP contribution in [0.1, 0.15) is 45.4 Å². The lowest BCUT2D eigenvalue weighted by Gasteiger charge is -2.34. The number of pyridine rings is 1. The molecule has 1 aromatic rings. The highest BCUT2D eigenvalue weighted by atomic mass is 16.5. The largest absolute Gasteiger partial charge is 0.392 e. The van der Waals surface area contributed by atoms with E-state index in [1.165, 1.54) is 0 Å². The number of hydrogen-bond donors (Lipinski definition) is 1. The number of nitrogens with zero attached hydrogens (tertiary/aromatic N) is 2. The minimum Gasteiger partial charge on any atom is -0.392 e. The molecule has 1 unspecified atom stereocenters. The van der Waals surface area contributed by atoms with Crippen LogP contribution in [0.25, 0.3) is 0 Å². The molecule has 112 valence electrons. The number of aliphatic hydroxyl groups excluding tert-OH is 1. The molecule has 0 bridgehead atoms. The first-order chi connectivity index (χ1) is 9.44. The number of ether oxygens (including phenoxy) is 1. The number of morpholine rings is 1. The van der Waals surface area contributed by atoms with E-state index in [1.807, 2.05) is 12.1 Å². The van der Waals surface area contributed by atoms with Gasteiger partial charge in [0, 0.05) is 24.2 Å². The Labute approximate surface area is 121 Å². The van der Waals surface area contributed by atoms with Crippen molar-refractivity contribution in [2.24, 2.45) is 0 Å². The van der Waals surface area contributed by atoms with Gasteiger partial charge in [0.25, 0.3) is 0 Å². The van der Waals surface area contributed by atoms with Crippen LogP contribution in [0.3, 0.4) is 0 Å². The summed E-state index contributed by atoms with van der Waals surface area (Å²) in [5.41, 5.74) is 1.94. The zero-order valence-electron chi connectivity index (χ0n) is 13.0. The smallest absolute Gasteiger partial charge is 0.129 e. The molecule has 1 fully saturated rings. The molecular formula is C16H26N2O2. The molecular weight excluding hydrogens is 252 g/mol. The Bertz CT molecular complexity index is 454. The van der Waals surface area contributed by atoms with E-state index in [0.29, 0.717) is 0 Å². The van der Waals surface area contributed by atoms with Gasteiger partial charge in [0.2, 0.25) is 0 Å². The highest BCUT2D eigenvalue weighted by Crippen LogP contribution is 2.26. The summed E-state index contributed by atoms with van der Waals surface area (Å²) in [7, 11) is 0. The van der Waals surface area contributed by atoms with Crippen molar-refractivity contribution in [2.45, 2.75) is 52.2 Å². The van der Waals surface area contributed by atoms with Gasteiger partial charge in [-0.15, -0.1) is 0 Å². The van der Waals surface area contributed by atoms with Crippen LogP contribution in [0.5, 0.6) is 0 Å². The predicted molar refractivity (Wildman–Crippen MR) is 81.1 cm³/mol. The summed E-state index contributed by atoms with van der Waals surface area (Å²) in [6, 6.07) is 3.99. The molecule has 0 aromatic carbocycles. The Morgan fingerprint density at radius 1 is 1.40 bits per heavy atom. The van der Waals surface area contributed by atoms with Gasteiger partial charge < -0.3 is 14.7 Å². The van der Waals surface area contributed by atoms with Crippen molar-refractivity contribution in [1.29, 1.82) is 0 Å². The van der Waals surface area contributed by atoms with Gasteiger partial charge in [-0.25, -0.2) is 4.98 Å². The van der Waals surface area contributed by atoms with Gasteiger partial charge in [0.1, 0.15) is 5.82 Å². The third-order valence-electron chi connectivity index (χ3n) is 3.74. The maximum absolute atomic E-state index is 9.48. The summed E-state index contributed by atoms with van der Waals surface area (Å²) in [6.45, 7) is 11.1. The summed E-state index contributed by atoms with van der Waals surface area (Å²) >= 11 is 0. The number of hydrogen-bond acceptors (Lipinski definition) is 4. The number of aliphatic hydroxyl groups is 1. The second kappa shape index (κ2) is 6.10. The molecule has 0 saturated carbocycles. The van der Waals surface area contributed by atoms with Crippen molar-refractivity contribution in [3.63, 3.8) is 0 Å². The van der Waals surface area contributed by atoms with Crippen LogP contribution in [0, 0.1) is 0 Å². The fraction of sp³-hybridized carbons (Fsp3) is 0.688. The molecule has 1 saturated heterocycles. The molecule has 1 atom stereocenters. The maximum Gasteiger partial charge on any atom is 0.129 e. The standard InChI is InChI=1S/C16H26N2O2/c1-5-13-10-18(6-7-20-13)15-9-12(11-19)8-14(17-15)16(2,3)4/h8-9,13,19H,5-7,10-11H2,1-4H3. The predicted octanol–water partition coefficient (Wildman–Crippen LogP) is 2.49. The van der Waals surface area contributed by atoms with Crippen LogP contribution in [0.2, 0.25) is 0 Å². The van der Waals surface area contributed by atoms with Crippen molar-refractivity contribution >= 4 is 5.82 Å². The second-order valence-electron chi connectivity index (χ2n) is 6.47. The molecule has 2 heterocycles. The molecule has 20 heavy (non-hydrogen) atoms. The van der Waals surface area contributed by atoms with Crippen LogP contribution < -0.4 is 4.90 Å². The lowest BCUT2D eigenvalue weighted by molar-refractivity contribution is 0.0381. The van der Waals surface area contributed by atoms with Crippen LogP contribution in [0.4, 0.5) is 5.82 Å². The molecule has 0 amide bonds. The maximum atomic E-state index is 9.48. The van der Waals surface area contributed by atoms with Gasteiger partial charge in [-0.3, -0.25) is 0 Å². The Balaban J connectivity index is 2.30. The Kier molecular flexibility index (Phi) is 4.66. The summed E-state index contributed by atoms with van der Waals surface area (Å²) in [5.74, 6) is 0.961. The van der Waals surface area contributed by atoms with Gasteiger partial charge in [-0.1, -0.05) is 27.7 Å². The first-order valence-electron chi connectivity index (χ1n) is 7.43. The minimum atomic E-state index is -0.0175. The molecule has 4 nitrogen and oxygen atoms in total. The fourth-order valence-electron chi connectivity index (χ4n) is 2.38. The zero-order valence-corrected chi connectivity index (χ0v) is 13.0. The second-order valence-corrected chi connectivity index (χ2v) is 6.47. The van der Waals surface area contributed by atoms with Crippen molar-refractivity contribution in [3.8, 4) is 0 Å². The summed E-state index contributed by atoms with van der Waals surface area (Å²) < 4.78 is 5.71. The highest BCUT2D eigenvalue weighted by molar-refractivity contribution is 5.44. The van der Waals surface area contributed by atoms with Gasteiger partial charge >= 0.3 is 0 Å². The Hall–Kier alpha value is -1.13. The van der Waals surface area contributed by atoms with Crippen LogP contribution in [0.15, 0.2) is 12.1 Å². The lowest BCUT2D eigenvalue weighted by atomic mass is 9.91. The third-order valence-corrected chi connectivity index (χ3v) is 3.74. The molecule has 4 heteroatoms. The van der Waals surface area contributed by atoms with Crippen LogP contribution >= 0.6 is 0 Å². The molecule has 1 aromatic heterocycles. The topological polar surface area (TPSA) is 45.6 Å². The van der Waals surface area contributed by atoms with Gasteiger partial charge in [0.15, 0.2) is 0 Å². The number of anilines is 1. The minimum absolute atomic E-state index is 0.0175. The fourth-order valence-corrected chi connectivity index (χ4v) is 2.38. The first-order valence-corrected chi connectivity index (χ1v) is 7.43. The Morgan fingerprint density at radius 2 is 2.15 bits per heavy atom. The average Bonchev–Trinajstić information content (AvgIpc) is 2.46. The van der Waals surface area contributed by atoms with Crippen molar-refractivity contribution < 1.29 is 9.84 Å². The van der Waals surface area contributed by atoms with E-state index >= 15 is 0 Å². The Morgan fingerprint density at radius 3 is 2.75 bits per heavy atom. The van der Waals surface area contributed by atoms with Crippen molar-refractivity contribution in [1.82, 2.24) is 4.98 Å². The SMILES string of the molecule is CCC1CN(c2cc(CO)cc(C(C)(C)C)n2)CCO1. The van der Waals surface area contributed by atoms with E-state index in [1.54, 1.807) is 0 Å². The molecule has 2 rings (SSSR count). The average molecular weight is 278 g/mol. The van der Waals surface area contributed by atoms with E-state index < -0.39 is 0 Å². The highest BCUT2D eigenvalue weighted by Gasteiger charge is 2.23. The van der Waals surface area contributed by atoms with Gasteiger partial charge in [-0.05, 0) is 24.1 Å². The molecule has 0 spiro atoms. The number of rotatable bonds is 3. The van der Waals surface area contributed by atoms with Gasteiger partial charge in [-0.2, -0.15) is 0 Å². The number of aromatic nitrogens is 1. The van der Waals surface area contributed by atoms with Crippen LogP contribution in [-0.4, -0.2) is 35.9 Å². The van der Waals surface area contributed by atoms with E-state index in [-0.39, 0.29) is 18.1 Å². The summed E-state index contributed by atoms with van der Waals surface area (Å²) in [4.78, 5) is 7.07. The summed E-state index contributed by atoms with van der Waals surface area (Å²) in [5, 5.41) is 9.48.